The summed E-state index contributed by atoms with van der Waals surface area (Å²) in [6, 6.07) is 7.22. The van der Waals surface area contributed by atoms with E-state index in [-0.39, 0.29) is 5.91 Å². The average molecular weight is 458 g/mol. The molecule has 1 atom stereocenters. The maximum absolute atomic E-state index is 13.2. The molecule has 0 unspecified atom stereocenters. The molecule has 2 amide bonds. The van der Waals surface area contributed by atoms with Crippen molar-refractivity contribution < 1.29 is 14.7 Å². The highest BCUT2D eigenvalue weighted by atomic mass is 127. The van der Waals surface area contributed by atoms with Crippen LogP contribution < -0.4 is 0 Å². The van der Waals surface area contributed by atoms with Gasteiger partial charge in [-0.25, -0.2) is 4.79 Å². The van der Waals surface area contributed by atoms with E-state index in [4.69, 9.17) is 0 Å². The second-order valence-electron chi connectivity index (χ2n) is 7.56. The first kappa shape index (κ1) is 20.0. The standard InChI is InChI=1S/C19H27IN2O3/c1-19(2,3)22(18(24)25)16(13-14-7-9-15(20)10-8-14)17(23)21-11-5-4-6-12-21/h7-10,16H,4-6,11-13H2,1-3H3,(H,24,25)/t16-/m0/s1. The lowest BCUT2D eigenvalue weighted by Gasteiger charge is -2.41. The molecule has 0 bridgehead atoms. The molecule has 1 heterocycles. The average Bonchev–Trinajstić information content (AvgIpc) is 2.54. The van der Waals surface area contributed by atoms with E-state index >= 15 is 0 Å². The minimum absolute atomic E-state index is 0.0735. The summed E-state index contributed by atoms with van der Waals surface area (Å²) in [5.41, 5.74) is 0.330. The van der Waals surface area contributed by atoms with Gasteiger partial charge in [0, 0.05) is 28.6 Å². The van der Waals surface area contributed by atoms with Gasteiger partial charge in [-0.05, 0) is 80.3 Å². The Labute approximate surface area is 163 Å². The second-order valence-corrected chi connectivity index (χ2v) is 8.80. The number of hydrogen-bond donors (Lipinski definition) is 1. The van der Waals surface area contributed by atoms with Crippen molar-refractivity contribution in [2.75, 3.05) is 13.1 Å². The number of nitrogens with zero attached hydrogens (tertiary/aromatic N) is 2. The SMILES string of the molecule is CC(C)(C)N(C(=O)O)[C@@H](Cc1ccc(I)cc1)C(=O)N1CCCCC1. The number of carbonyl (C=O) groups is 2. The third kappa shape index (κ3) is 5.33. The number of hydrogen-bond acceptors (Lipinski definition) is 2. The van der Waals surface area contributed by atoms with Crippen molar-refractivity contribution in [3.63, 3.8) is 0 Å². The van der Waals surface area contributed by atoms with Gasteiger partial charge < -0.3 is 10.0 Å². The Morgan fingerprint density at radius 3 is 2.20 bits per heavy atom. The van der Waals surface area contributed by atoms with Crippen LogP contribution in [0, 0.1) is 3.57 Å². The number of piperidine rings is 1. The van der Waals surface area contributed by atoms with Gasteiger partial charge in [-0.15, -0.1) is 0 Å². The fourth-order valence-corrected chi connectivity index (χ4v) is 3.71. The van der Waals surface area contributed by atoms with Crippen LogP contribution in [0.15, 0.2) is 24.3 Å². The van der Waals surface area contributed by atoms with Crippen LogP contribution >= 0.6 is 22.6 Å². The zero-order chi connectivity index (χ0) is 18.6. The smallest absolute Gasteiger partial charge is 0.408 e. The van der Waals surface area contributed by atoms with Crippen LogP contribution in [0.25, 0.3) is 0 Å². The molecule has 1 N–H and O–H groups in total. The van der Waals surface area contributed by atoms with Gasteiger partial charge in [0.2, 0.25) is 5.91 Å². The van der Waals surface area contributed by atoms with Gasteiger partial charge in [0.05, 0.1) is 0 Å². The van der Waals surface area contributed by atoms with Gasteiger partial charge in [0.1, 0.15) is 6.04 Å². The van der Waals surface area contributed by atoms with Crippen LogP contribution in [0.3, 0.4) is 0 Å². The lowest BCUT2D eigenvalue weighted by Crippen LogP contribution is -2.58. The van der Waals surface area contributed by atoms with E-state index in [0.717, 1.165) is 41.5 Å². The summed E-state index contributed by atoms with van der Waals surface area (Å²) in [7, 11) is 0. The fourth-order valence-electron chi connectivity index (χ4n) is 3.35. The van der Waals surface area contributed by atoms with E-state index in [1.165, 1.54) is 4.90 Å². The minimum Gasteiger partial charge on any atom is -0.465 e. The predicted molar refractivity (Wildman–Crippen MR) is 107 cm³/mol. The molecule has 1 saturated heterocycles. The molecule has 1 fully saturated rings. The topological polar surface area (TPSA) is 60.9 Å². The summed E-state index contributed by atoms with van der Waals surface area (Å²) in [4.78, 5) is 28.3. The lowest BCUT2D eigenvalue weighted by molar-refractivity contribution is -0.139. The summed E-state index contributed by atoms with van der Waals surface area (Å²) in [5.74, 6) is -0.0735. The highest BCUT2D eigenvalue weighted by Gasteiger charge is 2.39. The van der Waals surface area contributed by atoms with E-state index < -0.39 is 17.7 Å². The highest BCUT2D eigenvalue weighted by molar-refractivity contribution is 14.1. The Kier molecular flexibility index (Phi) is 6.71. The van der Waals surface area contributed by atoms with E-state index in [1.54, 1.807) is 0 Å². The molecule has 0 aromatic heterocycles. The Morgan fingerprint density at radius 1 is 1.16 bits per heavy atom. The van der Waals surface area contributed by atoms with E-state index in [9.17, 15) is 14.7 Å². The molecule has 0 spiro atoms. The van der Waals surface area contributed by atoms with E-state index in [2.05, 4.69) is 22.6 Å². The zero-order valence-corrected chi connectivity index (χ0v) is 17.3. The summed E-state index contributed by atoms with van der Waals surface area (Å²) in [6.45, 7) is 6.96. The number of carboxylic acid groups (broad SMARTS) is 1. The molecule has 2 rings (SSSR count). The molecule has 0 aliphatic carbocycles. The fraction of sp³-hybridized carbons (Fsp3) is 0.579. The Morgan fingerprint density at radius 2 is 1.72 bits per heavy atom. The zero-order valence-electron chi connectivity index (χ0n) is 15.2. The molecule has 1 aliphatic rings. The van der Waals surface area contributed by atoms with Crippen molar-refractivity contribution in [3.05, 3.63) is 33.4 Å². The van der Waals surface area contributed by atoms with Crippen molar-refractivity contribution in [2.45, 2.75) is 58.0 Å². The normalized spacial score (nSPS) is 16.4. The van der Waals surface area contributed by atoms with Crippen molar-refractivity contribution in [3.8, 4) is 0 Å². The molecular weight excluding hydrogens is 431 g/mol. The lowest BCUT2D eigenvalue weighted by atomic mass is 9.96. The van der Waals surface area contributed by atoms with Crippen LogP contribution in [-0.4, -0.2) is 51.6 Å². The Hall–Kier alpha value is -1.31. The van der Waals surface area contributed by atoms with Gasteiger partial charge in [0.15, 0.2) is 0 Å². The Balaban J connectivity index is 2.33. The molecule has 1 aromatic carbocycles. The van der Waals surface area contributed by atoms with E-state index in [1.807, 2.05) is 49.9 Å². The molecule has 1 aliphatic heterocycles. The van der Waals surface area contributed by atoms with Gasteiger partial charge in [0.25, 0.3) is 0 Å². The summed E-state index contributed by atoms with van der Waals surface area (Å²) >= 11 is 2.24. The summed E-state index contributed by atoms with van der Waals surface area (Å²) in [5, 5.41) is 9.80. The number of benzene rings is 1. The first-order valence-electron chi connectivity index (χ1n) is 8.75. The van der Waals surface area contributed by atoms with Crippen molar-refractivity contribution in [1.82, 2.24) is 9.80 Å². The summed E-state index contributed by atoms with van der Waals surface area (Å²) in [6.07, 6.45) is 2.46. The largest absolute Gasteiger partial charge is 0.465 e. The van der Waals surface area contributed by atoms with Gasteiger partial charge in [-0.3, -0.25) is 9.69 Å². The number of amides is 2. The maximum atomic E-state index is 13.2. The second kappa shape index (κ2) is 8.38. The van der Waals surface area contributed by atoms with Crippen molar-refractivity contribution >= 4 is 34.6 Å². The number of rotatable bonds is 4. The molecule has 6 heteroatoms. The van der Waals surface area contributed by atoms with Crippen molar-refractivity contribution in [1.29, 1.82) is 0 Å². The van der Waals surface area contributed by atoms with Gasteiger partial charge >= 0.3 is 6.09 Å². The molecule has 0 saturated carbocycles. The highest BCUT2D eigenvalue weighted by Crippen LogP contribution is 2.23. The number of halogens is 1. The third-order valence-electron chi connectivity index (χ3n) is 4.54. The van der Waals surface area contributed by atoms with Crippen LogP contribution in [-0.2, 0) is 11.2 Å². The van der Waals surface area contributed by atoms with Crippen LogP contribution in [0.4, 0.5) is 4.79 Å². The molecular formula is C19H27IN2O3. The monoisotopic (exact) mass is 458 g/mol. The summed E-state index contributed by atoms with van der Waals surface area (Å²) < 4.78 is 1.12. The van der Waals surface area contributed by atoms with Crippen LogP contribution in [0.2, 0.25) is 0 Å². The molecule has 25 heavy (non-hydrogen) atoms. The minimum atomic E-state index is -1.05. The quantitative estimate of drug-likeness (QED) is 0.695. The first-order chi connectivity index (χ1) is 11.7. The van der Waals surface area contributed by atoms with Crippen LogP contribution in [0.1, 0.15) is 45.6 Å². The molecule has 0 radical (unpaired) electrons. The maximum Gasteiger partial charge on any atom is 0.408 e. The van der Waals surface area contributed by atoms with Crippen molar-refractivity contribution in [2.24, 2.45) is 0 Å². The third-order valence-corrected chi connectivity index (χ3v) is 5.25. The first-order valence-corrected chi connectivity index (χ1v) is 9.83. The van der Waals surface area contributed by atoms with E-state index in [0.29, 0.717) is 6.42 Å². The van der Waals surface area contributed by atoms with Crippen LogP contribution in [0.5, 0.6) is 0 Å². The predicted octanol–water partition coefficient (Wildman–Crippen LogP) is 3.99. The molecule has 5 nitrogen and oxygen atoms in total. The molecule has 138 valence electrons. The number of likely N-dealkylation sites (tertiary alicyclic amines) is 1. The number of carbonyl (C=O) groups excluding carboxylic acids is 1. The van der Waals surface area contributed by atoms with Gasteiger partial charge in [-0.2, -0.15) is 0 Å². The Bertz CT molecular complexity index is 604. The molecule has 1 aromatic rings. The van der Waals surface area contributed by atoms with Gasteiger partial charge in [-0.1, -0.05) is 12.1 Å².